The Morgan fingerprint density at radius 3 is 2.75 bits per heavy atom. The van der Waals surface area contributed by atoms with Gasteiger partial charge in [-0.15, -0.1) is 5.10 Å². The maximum absolute atomic E-state index is 9.23. The van der Waals surface area contributed by atoms with E-state index in [2.05, 4.69) is 22.4 Å². The molecule has 2 rings (SSSR count). The summed E-state index contributed by atoms with van der Waals surface area (Å²) in [6.45, 7) is 2.46. The van der Waals surface area contributed by atoms with Crippen LogP contribution in [0.3, 0.4) is 0 Å². The molecular formula is C12H15N3O. The molecule has 0 saturated heterocycles. The number of benzene rings is 1. The Hall–Kier alpha value is -1.68. The Kier molecular flexibility index (Phi) is 3.31. The van der Waals surface area contributed by atoms with Crippen molar-refractivity contribution in [1.29, 1.82) is 0 Å². The summed E-state index contributed by atoms with van der Waals surface area (Å²) in [5.74, 6) is 0. The Morgan fingerprint density at radius 2 is 2.06 bits per heavy atom. The van der Waals surface area contributed by atoms with Gasteiger partial charge in [-0.1, -0.05) is 35.5 Å². The molecule has 1 atom stereocenters. The van der Waals surface area contributed by atoms with Crippen LogP contribution in [-0.2, 0) is 13.0 Å². The molecule has 1 aromatic carbocycles. The first-order valence-electron chi connectivity index (χ1n) is 5.35. The Bertz CT molecular complexity index is 437. The van der Waals surface area contributed by atoms with Gasteiger partial charge in [0.05, 0.1) is 18.3 Å². The van der Waals surface area contributed by atoms with Crippen molar-refractivity contribution in [1.82, 2.24) is 15.0 Å². The van der Waals surface area contributed by atoms with Gasteiger partial charge in [0, 0.05) is 12.6 Å². The molecule has 1 N–H and O–H groups in total. The van der Waals surface area contributed by atoms with E-state index < -0.39 is 0 Å². The molecule has 0 fully saturated rings. The zero-order valence-corrected chi connectivity index (χ0v) is 9.24. The van der Waals surface area contributed by atoms with Gasteiger partial charge in [-0.3, -0.25) is 0 Å². The zero-order valence-electron chi connectivity index (χ0n) is 9.24. The van der Waals surface area contributed by atoms with Gasteiger partial charge in [-0.25, -0.2) is 4.68 Å². The molecule has 0 saturated carbocycles. The fraction of sp³-hybridized carbons (Fsp3) is 0.333. The summed E-state index contributed by atoms with van der Waals surface area (Å²) in [5.41, 5.74) is 2.02. The fourth-order valence-corrected chi connectivity index (χ4v) is 1.58. The van der Waals surface area contributed by atoms with Crippen molar-refractivity contribution in [2.24, 2.45) is 0 Å². The maximum Gasteiger partial charge on any atom is 0.0852 e. The summed E-state index contributed by atoms with van der Waals surface area (Å²) in [7, 11) is 0. The SMILES string of the molecule is C[C@@H](O)Cc1cn(Cc2ccccc2)nn1. The number of hydrogen-bond donors (Lipinski definition) is 1. The summed E-state index contributed by atoms with van der Waals surface area (Å²) < 4.78 is 1.78. The highest BCUT2D eigenvalue weighted by Crippen LogP contribution is 2.03. The van der Waals surface area contributed by atoms with Crippen LogP contribution >= 0.6 is 0 Å². The third-order valence-electron chi connectivity index (χ3n) is 2.28. The molecule has 0 radical (unpaired) electrons. The van der Waals surface area contributed by atoms with Gasteiger partial charge in [0.25, 0.3) is 0 Å². The van der Waals surface area contributed by atoms with Gasteiger partial charge >= 0.3 is 0 Å². The fourth-order valence-electron chi connectivity index (χ4n) is 1.58. The van der Waals surface area contributed by atoms with Crippen LogP contribution in [0.5, 0.6) is 0 Å². The van der Waals surface area contributed by atoms with E-state index in [1.807, 2.05) is 24.4 Å². The van der Waals surface area contributed by atoms with Crippen LogP contribution < -0.4 is 0 Å². The van der Waals surface area contributed by atoms with Crippen molar-refractivity contribution >= 4 is 0 Å². The molecule has 0 aliphatic carbocycles. The lowest BCUT2D eigenvalue weighted by atomic mass is 10.2. The van der Waals surface area contributed by atoms with Crippen LogP contribution in [0.1, 0.15) is 18.2 Å². The molecule has 1 heterocycles. The van der Waals surface area contributed by atoms with Crippen molar-refractivity contribution in [3.8, 4) is 0 Å². The van der Waals surface area contributed by atoms with Gasteiger partial charge in [-0.2, -0.15) is 0 Å². The molecule has 0 unspecified atom stereocenters. The van der Waals surface area contributed by atoms with E-state index >= 15 is 0 Å². The second kappa shape index (κ2) is 4.90. The predicted molar refractivity (Wildman–Crippen MR) is 61.0 cm³/mol. The molecule has 4 nitrogen and oxygen atoms in total. The molecule has 0 aliphatic heterocycles. The molecule has 0 amide bonds. The van der Waals surface area contributed by atoms with Crippen molar-refractivity contribution in [3.05, 3.63) is 47.8 Å². The standard InChI is InChI=1S/C12H15N3O/c1-10(16)7-12-9-15(14-13-12)8-11-5-3-2-4-6-11/h2-6,9-10,16H,7-8H2,1H3/t10-/m1/s1. The lowest BCUT2D eigenvalue weighted by Gasteiger charge is -2.00. The Morgan fingerprint density at radius 1 is 1.31 bits per heavy atom. The number of nitrogens with zero attached hydrogens (tertiary/aromatic N) is 3. The third-order valence-corrected chi connectivity index (χ3v) is 2.28. The zero-order chi connectivity index (χ0) is 11.4. The number of aliphatic hydroxyl groups is 1. The summed E-state index contributed by atoms with van der Waals surface area (Å²) in [4.78, 5) is 0. The molecule has 84 valence electrons. The van der Waals surface area contributed by atoms with Crippen molar-refractivity contribution in [3.63, 3.8) is 0 Å². The van der Waals surface area contributed by atoms with Crippen molar-refractivity contribution < 1.29 is 5.11 Å². The maximum atomic E-state index is 9.23. The summed E-state index contributed by atoms with van der Waals surface area (Å²) >= 11 is 0. The number of rotatable bonds is 4. The normalized spacial score (nSPS) is 12.6. The topological polar surface area (TPSA) is 50.9 Å². The minimum absolute atomic E-state index is 0.373. The average Bonchev–Trinajstić information content (AvgIpc) is 2.66. The number of aliphatic hydroxyl groups excluding tert-OH is 1. The highest BCUT2D eigenvalue weighted by Gasteiger charge is 2.04. The van der Waals surface area contributed by atoms with E-state index in [9.17, 15) is 5.11 Å². The van der Waals surface area contributed by atoms with Crippen LogP contribution in [0.4, 0.5) is 0 Å². The lowest BCUT2D eigenvalue weighted by Crippen LogP contribution is -2.04. The Balaban J connectivity index is 2.03. The molecule has 0 spiro atoms. The minimum Gasteiger partial charge on any atom is -0.393 e. The first-order chi connectivity index (χ1) is 7.74. The highest BCUT2D eigenvalue weighted by molar-refractivity contribution is 5.14. The predicted octanol–water partition coefficient (Wildman–Crippen LogP) is 1.25. The number of aromatic nitrogens is 3. The second-order valence-corrected chi connectivity index (χ2v) is 3.95. The van der Waals surface area contributed by atoms with Crippen molar-refractivity contribution in [2.45, 2.75) is 26.0 Å². The quantitative estimate of drug-likeness (QED) is 0.838. The molecule has 4 heteroatoms. The van der Waals surface area contributed by atoms with Crippen LogP contribution in [0, 0.1) is 0 Å². The molecule has 0 bridgehead atoms. The molecule has 2 aromatic rings. The average molecular weight is 217 g/mol. The highest BCUT2D eigenvalue weighted by atomic mass is 16.3. The van der Waals surface area contributed by atoms with E-state index in [0.29, 0.717) is 13.0 Å². The van der Waals surface area contributed by atoms with Crippen LogP contribution in [-0.4, -0.2) is 26.2 Å². The summed E-state index contributed by atoms with van der Waals surface area (Å²) in [6.07, 6.45) is 2.05. The largest absolute Gasteiger partial charge is 0.393 e. The van der Waals surface area contributed by atoms with Gasteiger partial charge in [-0.05, 0) is 12.5 Å². The van der Waals surface area contributed by atoms with Gasteiger partial charge in [0.1, 0.15) is 0 Å². The van der Waals surface area contributed by atoms with E-state index in [4.69, 9.17) is 0 Å². The van der Waals surface area contributed by atoms with E-state index in [-0.39, 0.29) is 6.10 Å². The summed E-state index contributed by atoms with van der Waals surface area (Å²) in [5, 5.41) is 17.3. The molecule has 16 heavy (non-hydrogen) atoms. The van der Waals surface area contributed by atoms with E-state index in [1.165, 1.54) is 5.56 Å². The van der Waals surface area contributed by atoms with Gasteiger partial charge in [0.2, 0.25) is 0 Å². The lowest BCUT2D eigenvalue weighted by molar-refractivity contribution is 0.194. The molecule has 1 aromatic heterocycles. The molecule has 0 aliphatic rings. The van der Waals surface area contributed by atoms with Crippen molar-refractivity contribution in [2.75, 3.05) is 0 Å². The van der Waals surface area contributed by atoms with Crippen LogP contribution in [0.15, 0.2) is 36.5 Å². The minimum atomic E-state index is -0.373. The molecular weight excluding hydrogens is 202 g/mol. The number of hydrogen-bond acceptors (Lipinski definition) is 3. The monoisotopic (exact) mass is 217 g/mol. The van der Waals surface area contributed by atoms with E-state index in [0.717, 1.165) is 5.69 Å². The second-order valence-electron chi connectivity index (χ2n) is 3.95. The first kappa shape index (κ1) is 10.8. The van der Waals surface area contributed by atoms with Gasteiger partial charge < -0.3 is 5.11 Å². The van der Waals surface area contributed by atoms with Crippen LogP contribution in [0.2, 0.25) is 0 Å². The van der Waals surface area contributed by atoms with Crippen LogP contribution in [0.25, 0.3) is 0 Å². The summed E-state index contributed by atoms with van der Waals surface area (Å²) in [6, 6.07) is 10.1. The Labute approximate surface area is 94.5 Å². The first-order valence-corrected chi connectivity index (χ1v) is 5.35. The van der Waals surface area contributed by atoms with E-state index in [1.54, 1.807) is 11.6 Å². The van der Waals surface area contributed by atoms with Gasteiger partial charge in [0.15, 0.2) is 0 Å². The third kappa shape index (κ3) is 2.90. The smallest absolute Gasteiger partial charge is 0.0852 e.